The molecule has 0 radical (unpaired) electrons. The Balaban J connectivity index is 3.74. The third-order valence-electron chi connectivity index (χ3n) is 2.55. The molecule has 22 heavy (non-hydrogen) atoms. The number of carbonyl (C=O) groups is 2. The summed E-state index contributed by atoms with van der Waals surface area (Å²) in [5, 5.41) is 12.5. The lowest BCUT2D eigenvalue weighted by Crippen LogP contribution is -2.26. The second kappa shape index (κ2) is 5.98. The molecule has 120 valence electrons. The predicted molar refractivity (Wildman–Crippen MR) is 83.8 cm³/mol. The minimum Gasteiger partial charge on any atom is -0.486 e. The van der Waals surface area contributed by atoms with Gasteiger partial charge < -0.3 is 9.84 Å². The van der Waals surface area contributed by atoms with Crippen molar-refractivity contribution >= 4 is 23.2 Å². The normalized spacial score (nSPS) is 11.7. The van der Waals surface area contributed by atoms with Crippen LogP contribution in [-0.2, 0) is 5.41 Å². The number of carboxylic acid groups (broad SMARTS) is 1. The van der Waals surface area contributed by atoms with Crippen LogP contribution >= 0.6 is 11.3 Å². The molecule has 0 aliphatic rings. The van der Waals surface area contributed by atoms with Gasteiger partial charge in [-0.05, 0) is 36.8 Å². The summed E-state index contributed by atoms with van der Waals surface area (Å²) in [7, 11) is 0. The number of ether oxygens (including phenoxy) is 1. The molecule has 1 amide bonds. The highest BCUT2D eigenvalue weighted by molar-refractivity contribution is 7.16. The van der Waals surface area contributed by atoms with E-state index in [4.69, 9.17) is 10.3 Å². The van der Waals surface area contributed by atoms with Crippen molar-refractivity contribution < 1.29 is 19.4 Å². The van der Waals surface area contributed by atoms with Gasteiger partial charge in [-0.1, -0.05) is 20.8 Å². The van der Waals surface area contributed by atoms with Gasteiger partial charge in [0, 0.05) is 10.5 Å². The first-order valence-corrected chi connectivity index (χ1v) is 7.39. The molecule has 0 aliphatic heterocycles. The maximum Gasteiger partial charge on any atom is 0.346 e. The molecular formula is C14H19N3O4S. The first-order valence-electron chi connectivity index (χ1n) is 6.57. The topological polar surface area (TPSA) is 112 Å². The lowest BCUT2D eigenvalue weighted by Gasteiger charge is -2.27. The number of thiophene rings is 1. The van der Waals surface area contributed by atoms with Crippen LogP contribution in [0, 0.1) is 0 Å². The standard InChI is InChI=1S/C14H19N3O4S/c1-13(2,3)7-8(21-14(4,5)6)10(11(18)16-17-15)22-9(7)12(19)20/h1-6H3,(H,19,20). The summed E-state index contributed by atoms with van der Waals surface area (Å²) in [6.07, 6.45) is 0. The van der Waals surface area contributed by atoms with E-state index in [-0.39, 0.29) is 15.5 Å². The molecule has 0 fully saturated rings. The van der Waals surface area contributed by atoms with Crippen LogP contribution in [0.2, 0.25) is 0 Å². The highest BCUT2D eigenvalue weighted by Crippen LogP contribution is 2.44. The highest BCUT2D eigenvalue weighted by atomic mass is 32.1. The molecule has 1 aromatic rings. The fourth-order valence-electron chi connectivity index (χ4n) is 1.88. The molecule has 0 saturated carbocycles. The Morgan fingerprint density at radius 3 is 2.09 bits per heavy atom. The third kappa shape index (κ3) is 3.99. The average molecular weight is 325 g/mol. The summed E-state index contributed by atoms with van der Waals surface area (Å²) in [6.45, 7) is 10.9. The maximum atomic E-state index is 12.0. The van der Waals surface area contributed by atoms with Crippen LogP contribution in [0.25, 0.3) is 10.4 Å². The van der Waals surface area contributed by atoms with E-state index in [1.54, 1.807) is 20.8 Å². The van der Waals surface area contributed by atoms with E-state index in [9.17, 15) is 14.7 Å². The molecule has 0 aliphatic carbocycles. The van der Waals surface area contributed by atoms with Crippen molar-refractivity contribution in [2.24, 2.45) is 5.11 Å². The van der Waals surface area contributed by atoms with Crippen LogP contribution in [0.1, 0.15) is 66.4 Å². The average Bonchev–Trinajstić information content (AvgIpc) is 2.66. The van der Waals surface area contributed by atoms with Crippen molar-refractivity contribution in [3.63, 3.8) is 0 Å². The summed E-state index contributed by atoms with van der Waals surface area (Å²) in [5.41, 5.74) is 7.69. The van der Waals surface area contributed by atoms with E-state index < -0.39 is 22.9 Å². The van der Waals surface area contributed by atoms with Gasteiger partial charge in [0.1, 0.15) is 21.1 Å². The van der Waals surface area contributed by atoms with Crippen molar-refractivity contribution in [1.29, 1.82) is 0 Å². The Hall–Kier alpha value is -2.05. The Labute approximate surface area is 132 Å². The van der Waals surface area contributed by atoms with Gasteiger partial charge in [-0.15, -0.1) is 11.3 Å². The molecule has 0 spiro atoms. The quantitative estimate of drug-likeness (QED) is 0.505. The van der Waals surface area contributed by atoms with Gasteiger partial charge in [-0.3, -0.25) is 4.79 Å². The summed E-state index contributed by atoms with van der Waals surface area (Å²) in [4.78, 5) is 26.0. The number of rotatable bonds is 3. The molecular weight excluding hydrogens is 306 g/mol. The molecule has 0 unspecified atom stereocenters. The SMILES string of the molecule is CC(C)(C)Oc1c(C(=O)N=[N+]=[N-])sc(C(=O)O)c1C(C)(C)C. The van der Waals surface area contributed by atoms with E-state index in [0.717, 1.165) is 11.3 Å². The minimum atomic E-state index is -1.14. The van der Waals surface area contributed by atoms with Crippen LogP contribution in [0.3, 0.4) is 0 Å². The maximum absolute atomic E-state index is 12.0. The number of aromatic carboxylic acids is 1. The molecule has 0 aromatic carbocycles. The van der Waals surface area contributed by atoms with Gasteiger partial charge in [0.05, 0.1) is 0 Å². The summed E-state index contributed by atoms with van der Waals surface area (Å²) in [6, 6.07) is 0. The van der Waals surface area contributed by atoms with E-state index in [1.165, 1.54) is 0 Å². The number of amides is 1. The third-order valence-corrected chi connectivity index (χ3v) is 3.69. The Kier molecular flexibility index (Phi) is 4.89. The highest BCUT2D eigenvalue weighted by Gasteiger charge is 2.35. The first kappa shape index (κ1) is 18.0. The molecule has 8 heteroatoms. The van der Waals surface area contributed by atoms with E-state index >= 15 is 0 Å². The molecule has 0 saturated heterocycles. The van der Waals surface area contributed by atoms with Gasteiger partial charge in [0.2, 0.25) is 0 Å². The largest absolute Gasteiger partial charge is 0.486 e. The van der Waals surface area contributed by atoms with Gasteiger partial charge in [0.15, 0.2) is 0 Å². The van der Waals surface area contributed by atoms with Gasteiger partial charge in [0.25, 0.3) is 5.91 Å². The zero-order chi connectivity index (χ0) is 17.3. The van der Waals surface area contributed by atoms with E-state index in [2.05, 4.69) is 10.0 Å². The molecule has 1 N–H and O–H groups in total. The molecule has 7 nitrogen and oxygen atoms in total. The Bertz CT molecular complexity index is 659. The molecule has 0 bridgehead atoms. The van der Waals surface area contributed by atoms with Crippen LogP contribution in [-0.4, -0.2) is 22.6 Å². The fraction of sp³-hybridized carbons (Fsp3) is 0.571. The molecule has 1 rings (SSSR count). The summed E-state index contributed by atoms with van der Waals surface area (Å²) in [5.74, 6) is -1.81. The summed E-state index contributed by atoms with van der Waals surface area (Å²) < 4.78 is 5.83. The molecule has 1 heterocycles. The van der Waals surface area contributed by atoms with Crippen molar-refractivity contribution in [1.82, 2.24) is 0 Å². The Morgan fingerprint density at radius 2 is 1.73 bits per heavy atom. The second-order valence-electron chi connectivity index (χ2n) is 6.73. The Morgan fingerprint density at radius 1 is 1.18 bits per heavy atom. The van der Waals surface area contributed by atoms with Crippen LogP contribution < -0.4 is 4.74 Å². The van der Waals surface area contributed by atoms with Crippen molar-refractivity contribution in [3.05, 3.63) is 25.8 Å². The van der Waals surface area contributed by atoms with Crippen molar-refractivity contribution in [2.75, 3.05) is 0 Å². The van der Waals surface area contributed by atoms with Crippen molar-refractivity contribution in [3.8, 4) is 5.75 Å². The minimum absolute atomic E-state index is 0.00931. The monoisotopic (exact) mass is 325 g/mol. The van der Waals surface area contributed by atoms with Crippen LogP contribution in [0.15, 0.2) is 5.11 Å². The predicted octanol–water partition coefficient (Wildman–Crippen LogP) is 4.37. The van der Waals surface area contributed by atoms with E-state index in [1.807, 2.05) is 20.8 Å². The van der Waals surface area contributed by atoms with Gasteiger partial charge in [-0.25, -0.2) is 4.79 Å². The van der Waals surface area contributed by atoms with Gasteiger partial charge >= 0.3 is 5.97 Å². The number of hydrogen-bond donors (Lipinski definition) is 1. The molecule has 1 aromatic heterocycles. The van der Waals surface area contributed by atoms with Gasteiger partial charge in [-0.2, -0.15) is 0 Å². The smallest absolute Gasteiger partial charge is 0.346 e. The van der Waals surface area contributed by atoms with Crippen molar-refractivity contribution in [2.45, 2.75) is 52.6 Å². The number of carbonyl (C=O) groups excluding carboxylic acids is 1. The molecule has 0 atom stereocenters. The van der Waals surface area contributed by atoms with E-state index in [0.29, 0.717) is 5.56 Å². The zero-order valence-corrected chi connectivity index (χ0v) is 14.2. The number of carboxylic acids is 1. The second-order valence-corrected chi connectivity index (χ2v) is 7.75. The number of azide groups is 1. The zero-order valence-electron chi connectivity index (χ0n) is 13.4. The lowest BCUT2D eigenvalue weighted by atomic mass is 9.86. The lowest BCUT2D eigenvalue weighted by molar-refractivity contribution is 0.0696. The summed E-state index contributed by atoms with van der Waals surface area (Å²) >= 11 is 0.771. The van der Waals surface area contributed by atoms with Crippen LogP contribution in [0.4, 0.5) is 0 Å². The fourth-order valence-corrected chi connectivity index (χ4v) is 3.04. The number of hydrogen-bond acceptors (Lipinski definition) is 4. The first-order chi connectivity index (χ1) is 9.88. The number of nitrogens with zero attached hydrogens (tertiary/aromatic N) is 3. The van der Waals surface area contributed by atoms with Crippen LogP contribution in [0.5, 0.6) is 5.75 Å².